The van der Waals surface area contributed by atoms with Gasteiger partial charge in [0.25, 0.3) is 0 Å². The molecule has 0 radical (unpaired) electrons. The van der Waals surface area contributed by atoms with Crippen LogP contribution in [0.1, 0.15) is 24.1 Å². The number of fused-ring (bicyclic) bond motifs is 2. The molecule has 4 heterocycles. The second-order valence-corrected chi connectivity index (χ2v) is 11.8. The molecular formula is C25H29ClFN5OS. The first-order valence-electron chi connectivity index (χ1n) is 12.1. The predicted molar refractivity (Wildman–Crippen MR) is 135 cm³/mol. The van der Waals surface area contributed by atoms with Gasteiger partial charge in [-0.2, -0.15) is 4.98 Å². The zero-order valence-corrected chi connectivity index (χ0v) is 20.6. The summed E-state index contributed by atoms with van der Waals surface area (Å²) in [6, 6.07) is 8.38. The van der Waals surface area contributed by atoms with Crippen LogP contribution >= 0.6 is 11.6 Å². The number of aryl methyl sites for hydroxylation is 1. The minimum atomic E-state index is -1.05. The summed E-state index contributed by atoms with van der Waals surface area (Å²) in [5.74, 6) is 3.16. The Morgan fingerprint density at radius 1 is 1.15 bits per heavy atom. The van der Waals surface area contributed by atoms with E-state index in [1.54, 1.807) is 0 Å². The van der Waals surface area contributed by atoms with E-state index in [-0.39, 0.29) is 12.7 Å². The molecule has 180 valence electrons. The molecule has 0 saturated carbocycles. The topological polar surface area (TPSA) is 61.4 Å². The van der Waals surface area contributed by atoms with Crippen LogP contribution in [0, 0.1) is 11.8 Å². The smallest absolute Gasteiger partial charge is 0.227 e. The second-order valence-electron chi connectivity index (χ2n) is 9.82. The first kappa shape index (κ1) is 22.4. The maximum absolute atomic E-state index is 12.7. The molecule has 1 aliphatic carbocycles. The minimum Gasteiger partial charge on any atom is -0.364 e. The van der Waals surface area contributed by atoms with Gasteiger partial charge in [-0.15, -0.1) is 0 Å². The fourth-order valence-corrected chi connectivity index (χ4v) is 7.13. The third-order valence-corrected chi connectivity index (χ3v) is 9.18. The monoisotopic (exact) mass is 501 g/mol. The highest BCUT2D eigenvalue weighted by molar-refractivity contribution is 7.85. The van der Waals surface area contributed by atoms with Crippen LogP contribution < -0.4 is 10.2 Å². The fraction of sp³-hybridized carbons (Fsp3) is 0.520. The molecule has 2 saturated heterocycles. The normalized spacial score (nSPS) is 26.4. The van der Waals surface area contributed by atoms with E-state index in [0.717, 1.165) is 72.9 Å². The van der Waals surface area contributed by atoms with E-state index in [1.807, 2.05) is 12.1 Å². The number of alkyl halides is 1. The number of halogens is 2. The van der Waals surface area contributed by atoms with E-state index < -0.39 is 10.8 Å². The maximum Gasteiger partial charge on any atom is 0.227 e. The zero-order chi connectivity index (χ0) is 23.2. The fourth-order valence-electron chi connectivity index (χ4n) is 5.70. The van der Waals surface area contributed by atoms with Gasteiger partial charge in [-0.25, -0.2) is 4.98 Å². The summed E-state index contributed by atoms with van der Waals surface area (Å²) in [6.45, 7) is 4.09. The number of likely N-dealkylation sites (tertiary alicyclic amines) is 1. The molecule has 34 heavy (non-hydrogen) atoms. The molecule has 6 nitrogen and oxygen atoms in total. The van der Waals surface area contributed by atoms with Gasteiger partial charge in [0, 0.05) is 49.9 Å². The number of nitrogens with one attached hydrogen (secondary N) is 1. The van der Waals surface area contributed by atoms with Crippen LogP contribution in [-0.2, 0) is 17.2 Å². The molecule has 4 aliphatic rings. The first-order valence-corrected chi connectivity index (χ1v) is 13.8. The van der Waals surface area contributed by atoms with Gasteiger partial charge in [-0.05, 0) is 47.9 Å². The van der Waals surface area contributed by atoms with Crippen molar-refractivity contribution in [2.45, 2.75) is 30.2 Å². The largest absolute Gasteiger partial charge is 0.364 e. The van der Waals surface area contributed by atoms with E-state index in [9.17, 15) is 8.60 Å². The van der Waals surface area contributed by atoms with Crippen molar-refractivity contribution in [3.63, 3.8) is 0 Å². The lowest BCUT2D eigenvalue weighted by Gasteiger charge is -2.40. The highest BCUT2D eigenvalue weighted by atomic mass is 35.5. The van der Waals surface area contributed by atoms with Crippen molar-refractivity contribution in [3.8, 4) is 0 Å². The Balaban J connectivity index is 1.18. The maximum atomic E-state index is 12.7. The minimum absolute atomic E-state index is 0.256. The van der Waals surface area contributed by atoms with Crippen molar-refractivity contribution in [2.75, 3.05) is 55.4 Å². The van der Waals surface area contributed by atoms with Gasteiger partial charge >= 0.3 is 0 Å². The van der Waals surface area contributed by atoms with E-state index in [0.29, 0.717) is 24.0 Å². The van der Waals surface area contributed by atoms with Gasteiger partial charge < -0.3 is 10.2 Å². The van der Waals surface area contributed by atoms with Crippen molar-refractivity contribution in [1.29, 1.82) is 0 Å². The molecule has 2 unspecified atom stereocenters. The molecule has 1 aromatic heterocycles. The van der Waals surface area contributed by atoms with Crippen LogP contribution in [0.3, 0.4) is 0 Å². The van der Waals surface area contributed by atoms with Gasteiger partial charge in [0.15, 0.2) is 0 Å². The number of aromatic nitrogens is 2. The van der Waals surface area contributed by atoms with Gasteiger partial charge in [-0.3, -0.25) is 13.5 Å². The number of rotatable bonds is 7. The van der Waals surface area contributed by atoms with E-state index >= 15 is 0 Å². The highest BCUT2D eigenvalue weighted by Gasteiger charge is 2.39. The Labute approximate surface area is 207 Å². The van der Waals surface area contributed by atoms with Crippen LogP contribution in [-0.4, -0.2) is 70.3 Å². The Morgan fingerprint density at radius 3 is 2.74 bits per heavy atom. The summed E-state index contributed by atoms with van der Waals surface area (Å²) in [6.07, 6.45) is 4.78. The Kier molecular flexibility index (Phi) is 6.07. The van der Waals surface area contributed by atoms with Crippen molar-refractivity contribution in [1.82, 2.24) is 14.9 Å². The summed E-state index contributed by atoms with van der Waals surface area (Å²) in [4.78, 5) is 15.1. The average Bonchev–Trinajstić information content (AvgIpc) is 3.49. The first-order chi connectivity index (χ1) is 16.6. The average molecular weight is 502 g/mol. The number of hydrogen-bond acceptors (Lipinski definition) is 6. The Hall–Kier alpha value is -2.03. The molecule has 2 aromatic rings. The van der Waals surface area contributed by atoms with E-state index in [4.69, 9.17) is 21.6 Å². The van der Waals surface area contributed by atoms with Crippen molar-refractivity contribution in [2.24, 2.45) is 11.8 Å². The summed E-state index contributed by atoms with van der Waals surface area (Å²) in [5, 5.41) is 4.30. The van der Waals surface area contributed by atoms with Gasteiger partial charge in [0.05, 0.1) is 29.2 Å². The number of allylic oxidation sites excluding steroid dienone is 1. The number of hydrogen-bond donors (Lipinski definition) is 1. The summed E-state index contributed by atoms with van der Waals surface area (Å²) >= 11 is 6.05. The quantitative estimate of drug-likeness (QED) is 0.623. The molecular weight excluding hydrogens is 473 g/mol. The summed E-state index contributed by atoms with van der Waals surface area (Å²) in [7, 11) is -1.05. The van der Waals surface area contributed by atoms with Crippen LogP contribution in [0.15, 0.2) is 35.2 Å². The summed E-state index contributed by atoms with van der Waals surface area (Å²) in [5.41, 5.74) is 3.59. The predicted octanol–water partition coefficient (Wildman–Crippen LogP) is 3.79. The lowest BCUT2D eigenvalue weighted by Crippen LogP contribution is -2.55. The molecule has 0 amide bonds. The molecule has 3 atom stereocenters. The van der Waals surface area contributed by atoms with Crippen LogP contribution in [0.5, 0.6) is 0 Å². The van der Waals surface area contributed by atoms with E-state index in [1.165, 1.54) is 11.1 Å². The third-order valence-electron chi connectivity index (χ3n) is 7.47. The standard InChI is InChI=1S/C25H29ClFN5OS/c26-20-4-2-16(3-5-20)17-10-18-12-32(13-19(18)11-17)25-29-22-6-9-34(33)23(22)24(30-25)28-21-14-31(15-21)8-1-7-27/h2-5,10,18-19,21H,1,6-9,11-15H2,(H,28,29,30)/t18?,19?,34-/m1/s1. The molecule has 0 spiro atoms. The Bertz CT molecular complexity index is 1140. The molecule has 3 aliphatic heterocycles. The molecule has 2 fully saturated rings. The SMILES string of the molecule is O=[S@@]1CCc2nc(N3CC4C=C(c5ccc(Cl)cc5)CC4C3)nc(NC3CN(CCCF)C3)c21. The Morgan fingerprint density at radius 2 is 1.97 bits per heavy atom. The lowest BCUT2D eigenvalue weighted by molar-refractivity contribution is 0.155. The highest BCUT2D eigenvalue weighted by Crippen LogP contribution is 2.42. The van der Waals surface area contributed by atoms with Gasteiger partial charge in [-0.1, -0.05) is 29.8 Å². The van der Waals surface area contributed by atoms with Crippen molar-refractivity contribution >= 4 is 39.7 Å². The third kappa shape index (κ3) is 4.25. The second kappa shape index (κ2) is 9.21. The molecule has 6 rings (SSSR count). The molecule has 1 N–H and O–H groups in total. The van der Waals surface area contributed by atoms with Crippen molar-refractivity contribution in [3.05, 3.63) is 46.6 Å². The van der Waals surface area contributed by atoms with Crippen molar-refractivity contribution < 1.29 is 8.60 Å². The summed E-state index contributed by atoms with van der Waals surface area (Å²) < 4.78 is 25.1. The van der Waals surface area contributed by atoms with Crippen LogP contribution in [0.25, 0.3) is 5.57 Å². The number of benzene rings is 1. The number of nitrogens with zero attached hydrogens (tertiary/aromatic N) is 4. The molecule has 9 heteroatoms. The van der Waals surface area contributed by atoms with Gasteiger partial charge in [0.2, 0.25) is 5.95 Å². The van der Waals surface area contributed by atoms with Gasteiger partial charge in [0.1, 0.15) is 10.7 Å². The molecule has 0 bridgehead atoms. The lowest BCUT2D eigenvalue weighted by atomic mass is 9.98. The van der Waals surface area contributed by atoms with Crippen LogP contribution in [0.4, 0.5) is 16.2 Å². The van der Waals surface area contributed by atoms with E-state index in [2.05, 4.69) is 33.3 Å². The zero-order valence-electron chi connectivity index (χ0n) is 19.1. The molecule has 1 aromatic carbocycles. The van der Waals surface area contributed by atoms with Crippen LogP contribution in [0.2, 0.25) is 5.02 Å². The number of anilines is 2.